The number of benzene rings is 3. The summed E-state index contributed by atoms with van der Waals surface area (Å²) < 4.78 is 9.77. The van der Waals surface area contributed by atoms with Gasteiger partial charge in [-0.2, -0.15) is 5.10 Å². The van der Waals surface area contributed by atoms with Gasteiger partial charge in [-0.3, -0.25) is 14.3 Å². The molecular formula is C36H36Cl2N4O4. The van der Waals surface area contributed by atoms with Crippen LogP contribution in [-0.4, -0.2) is 44.5 Å². The van der Waals surface area contributed by atoms with Crippen LogP contribution in [0, 0.1) is 27.7 Å². The van der Waals surface area contributed by atoms with Crippen molar-refractivity contribution in [2.24, 2.45) is 0 Å². The van der Waals surface area contributed by atoms with Crippen molar-refractivity contribution in [1.82, 2.24) is 14.3 Å². The Morgan fingerprint density at radius 1 is 0.978 bits per heavy atom. The summed E-state index contributed by atoms with van der Waals surface area (Å²) >= 11 is 13.4. The number of carbonyl (C=O) groups is 2. The predicted octanol–water partition coefficient (Wildman–Crippen LogP) is 8.19. The Morgan fingerprint density at radius 3 is 2.39 bits per heavy atom. The van der Waals surface area contributed by atoms with Crippen LogP contribution in [0.4, 0.5) is 5.69 Å². The second-order valence-corrected chi connectivity index (χ2v) is 12.6. The molecule has 0 saturated heterocycles. The standard InChI is InChI=1S/C36H36Cl2N4O4/c1-21-18-26(19-22(2)33(21)38)46-17-8-12-27-28-13-14-29(37)32(31-23(3)39-42(24(31)4)20-30(43)44)34(28)41-16-9-15-40(36(45)35(27)41)25-10-6-5-7-11-25/h5-7,10-11,13-14,18-19H,8-9,12,15-17,20H2,1-4H3,(H,43,44). The maximum Gasteiger partial charge on any atom is 0.325 e. The third-order valence-corrected chi connectivity index (χ3v) is 9.63. The molecule has 0 bridgehead atoms. The summed E-state index contributed by atoms with van der Waals surface area (Å²) in [6, 6.07) is 17.5. The second-order valence-electron chi connectivity index (χ2n) is 11.9. The Labute approximate surface area is 278 Å². The molecule has 3 heterocycles. The minimum absolute atomic E-state index is 0.0585. The second kappa shape index (κ2) is 12.9. The lowest BCUT2D eigenvalue weighted by Gasteiger charge is -2.21. The van der Waals surface area contributed by atoms with Crippen LogP contribution in [0.5, 0.6) is 5.75 Å². The number of fused-ring (bicyclic) bond motifs is 3. The van der Waals surface area contributed by atoms with Crippen LogP contribution in [0.15, 0.2) is 54.6 Å². The minimum atomic E-state index is -0.974. The Bertz CT molecular complexity index is 1960. The fourth-order valence-corrected chi connectivity index (χ4v) is 7.05. The molecule has 5 aromatic rings. The van der Waals surface area contributed by atoms with E-state index in [1.54, 1.807) is 0 Å². The summed E-state index contributed by atoms with van der Waals surface area (Å²) in [7, 11) is 0. The van der Waals surface area contributed by atoms with Crippen LogP contribution in [0.1, 0.15) is 51.4 Å². The molecule has 1 aliphatic heterocycles. The number of rotatable bonds is 9. The number of carboxylic acid groups (broad SMARTS) is 1. The van der Waals surface area contributed by atoms with Gasteiger partial charge in [0.1, 0.15) is 18.0 Å². The van der Waals surface area contributed by atoms with Gasteiger partial charge in [-0.1, -0.05) is 47.5 Å². The molecule has 6 rings (SSSR count). The van der Waals surface area contributed by atoms with E-state index >= 15 is 0 Å². The van der Waals surface area contributed by atoms with Gasteiger partial charge in [-0.15, -0.1) is 0 Å². The van der Waals surface area contributed by atoms with E-state index in [2.05, 4.69) is 9.67 Å². The smallest absolute Gasteiger partial charge is 0.325 e. The number of aromatic nitrogens is 3. The van der Waals surface area contributed by atoms with E-state index in [9.17, 15) is 14.7 Å². The zero-order valence-corrected chi connectivity index (χ0v) is 27.9. The van der Waals surface area contributed by atoms with Crippen LogP contribution in [0.25, 0.3) is 22.0 Å². The predicted molar refractivity (Wildman–Crippen MR) is 183 cm³/mol. The maximum absolute atomic E-state index is 14.5. The molecule has 0 radical (unpaired) electrons. The summed E-state index contributed by atoms with van der Waals surface area (Å²) in [4.78, 5) is 28.0. The molecule has 2 aromatic heterocycles. The molecule has 0 spiro atoms. The van der Waals surface area contributed by atoms with Crippen molar-refractivity contribution in [1.29, 1.82) is 0 Å². The first kappa shape index (κ1) is 31.7. The zero-order chi connectivity index (χ0) is 32.7. The van der Waals surface area contributed by atoms with Crippen LogP contribution in [0.2, 0.25) is 10.0 Å². The number of halogens is 2. The fraction of sp³-hybridized carbons (Fsp3) is 0.306. The van der Waals surface area contributed by atoms with Crippen molar-refractivity contribution in [3.05, 3.63) is 98.4 Å². The molecule has 1 N–H and O–H groups in total. The molecule has 0 aliphatic carbocycles. The van der Waals surface area contributed by atoms with Gasteiger partial charge in [0, 0.05) is 46.0 Å². The Kier molecular flexibility index (Phi) is 8.86. The van der Waals surface area contributed by atoms with E-state index in [0.29, 0.717) is 54.6 Å². The van der Waals surface area contributed by atoms with E-state index in [1.807, 2.05) is 87.2 Å². The van der Waals surface area contributed by atoms with Crippen molar-refractivity contribution < 1.29 is 19.4 Å². The molecule has 10 heteroatoms. The quantitative estimate of drug-likeness (QED) is 0.161. The largest absolute Gasteiger partial charge is 0.494 e. The van der Waals surface area contributed by atoms with Gasteiger partial charge in [-0.25, -0.2) is 0 Å². The highest BCUT2D eigenvalue weighted by Gasteiger charge is 2.32. The van der Waals surface area contributed by atoms with Gasteiger partial charge in [0.2, 0.25) is 0 Å². The number of amides is 1. The SMILES string of the molecule is Cc1cc(OCCCc2c3n(c4c(-c5c(C)nn(CC(=O)O)c5C)c(Cl)ccc24)CCCN(c2ccccc2)C3=O)cc(C)c1Cl. The number of carbonyl (C=O) groups excluding carboxylic acids is 1. The minimum Gasteiger partial charge on any atom is -0.494 e. The molecule has 3 aromatic carbocycles. The summed E-state index contributed by atoms with van der Waals surface area (Å²) in [6.07, 6.45) is 2.03. The molecule has 0 fully saturated rings. The number of anilines is 1. The third kappa shape index (κ3) is 5.76. The van der Waals surface area contributed by atoms with E-state index in [-0.39, 0.29) is 12.5 Å². The van der Waals surface area contributed by atoms with Crippen LogP contribution < -0.4 is 9.64 Å². The summed E-state index contributed by atoms with van der Waals surface area (Å²) in [5, 5.41) is 16.3. The molecule has 0 unspecified atom stereocenters. The number of aliphatic carboxylic acids is 1. The van der Waals surface area contributed by atoms with E-state index in [4.69, 9.17) is 27.9 Å². The van der Waals surface area contributed by atoms with E-state index in [1.165, 1.54) is 4.68 Å². The number of carboxylic acids is 1. The lowest BCUT2D eigenvalue weighted by atomic mass is 9.98. The molecular weight excluding hydrogens is 623 g/mol. The van der Waals surface area contributed by atoms with Crippen molar-refractivity contribution in [2.75, 3.05) is 18.1 Å². The highest BCUT2D eigenvalue weighted by atomic mass is 35.5. The van der Waals surface area contributed by atoms with Crippen molar-refractivity contribution in [3.63, 3.8) is 0 Å². The Morgan fingerprint density at radius 2 is 1.70 bits per heavy atom. The van der Waals surface area contributed by atoms with Gasteiger partial charge < -0.3 is 19.3 Å². The lowest BCUT2D eigenvalue weighted by molar-refractivity contribution is -0.137. The topological polar surface area (TPSA) is 89.6 Å². The van der Waals surface area contributed by atoms with Crippen molar-refractivity contribution in [3.8, 4) is 16.9 Å². The van der Waals surface area contributed by atoms with Gasteiger partial charge >= 0.3 is 5.97 Å². The number of ether oxygens (including phenoxy) is 1. The average molecular weight is 660 g/mol. The normalized spacial score (nSPS) is 13.3. The average Bonchev–Trinajstić information content (AvgIpc) is 3.40. The fourth-order valence-electron chi connectivity index (χ4n) is 6.69. The van der Waals surface area contributed by atoms with Crippen LogP contribution in [0.3, 0.4) is 0 Å². The van der Waals surface area contributed by atoms with Gasteiger partial charge in [0.25, 0.3) is 5.91 Å². The highest BCUT2D eigenvalue weighted by Crippen LogP contribution is 2.43. The highest BCUT2D eigenvalue weighted by molar-refractivity contribution is 6.35. The van der Waals surface area contributed by atoms with E-state index in [0.717, 1.165) is 61.6 Å². The van der Waals surface area contributed by atoms with Gasteiger partial charge in [-0.05, 0) is 94.0 Å². The first-order valence-electron chi connectivity index (χ1n) is 15.4. The first-order chi connectivity index (χ1) is 22.1. The van der Waals surface area contributed by atoms with Gasteiger partial charge in [0.15, 0.2) is 0 Å². The van der Waals surface area contributed by atoms with Crippen LogP contribution >= 0.6 is 23.2 Å². The molecule has 1 amide bonds. The lowest BCUT2D eigenvalue weighted by Crippen LogP contribution is -2.31. The van der Waals surface area contributed by atoms with Crippen molar-refractivity contribution in [2.45, 2.75) is 60.0 Å². The number of nitrogens with zero attached hydrogens (tertiary/aromatic N) is 4. The molecule has 46 heavy (non-hydrogen) atoms. The number of para-hydroxylation sites is 1. The summed E-state index contributed by atoms with van der Waals surface area (Å²) in [6.45, 7) is 9.06. The molecule has 8 nitrogen and oxygen atoms in total. The molecule has 0 atom stereocenters. The number of hydrogen-bond acceptors (Lipinski definition) is 4. The molecule has 0 saturated carbocycles. The maximum atomic E-state index is 14.5. The molecule has 238 valence electrons. The number of hydrogen-bond donors (Lipinski definition) is 1. The monoisotopic (exact) mass is 658 g/mol. The van der Waals surface area contributed by atoms with Crippen LogP contribution in [-0.2, 0) is 24.3 Å². The Hall–Kier alpha value is -4.27. The van der Waals surface area contributed by atoms with Gasteiger partial charge in [0.05, 0.1) is 22.8 Å². The first-order valence-corrected chi connectivity index (χ1v) is 16.2. The third-order valence-electron chi connectivity index (χ3n) is 8.72. The molecule has 1 aliphatic rings. The van der Waals surface area contributed by atoms with E-state index < -0.39 is 5.97 Å². The Balaban J connectivity index is 1.47. The van der Waals surface area contributed by atoms with Crippen molar-refractivity contribution >= 4 is 51.7 Å². The summed E-state index contributed by atoms with van der Waals surface area (Å²) in [5.74, 6) is -0.264. The zero-order valence-electron chi connectivity index (χ0n) is 26.4. The number of aryl methyl sites for hydroxylation is 5. The summed E-state index contributed by atoms with van der Waals surface area (Å²) in [5.41, 5.74) is 8.19.